The van der Waals surface area contributed by atoms with Gasteiger partial charge in [-0.05, 0) is 37.4 Å². The zero-order valence-electron chi connectivity index (χ0n) is 15.2. The van der Waals surface area contributed by atoms with Gasteiger partial charge in [0.25, 0.3) is 5.91 Å². The summed E-state index contributed by atoms with van der Waals surface area (Å²) in [5, 5.41) is 0. The molecule has 2 aromatic rings. The number of methoxy groups -OCH3 is 1. The normalized spacial score (nSPS) is 11.2. The van der Waals surface area contributed by atoms with E-state index in [0.29, 0.717) is 18.9 Å². The fourth-order valence-electron chi connectivity index (χ4n) is 2.28. The number of sulfonamides is 1. The maximum absolute atomic E-state index is 12.5. The van der Waals surface area contributed by atoms with Crippen LogP contribution in [0.5, 0.6) is 11.5 Å². The number of nitrogens with zero attached hydrogens (tertiary/aromatic N) is 2. The topological polar surface area (TPSA) is 89.9 Å². The van der Waals surface area contributed by atoms with Crippen LogP contribution < -0.4 is 14.2 Å². The number of benzene rings is 1. The van der Waals surface area contributed by atoms with Crippen LogP contribution in [0.3, 0.4) is 0 Å². The van der Waals surface area contributed by atoms with Gasteiger partial charge in [0.2, 0.25) is 10.0 Å². The highest BCUT2D eigenvalue weighted by molar-refractivity contribution is 7.89. The maximum atomic E-state index is 12.5. The van der Waals surface area contributed by atoms with E-state index in [0.717, 1.165) is 5.75 Å². The molecule has 0 saturated heterocycles. The number of aryl methyl sites for hydroxylation is 1. The molecule has 2 rings (SSSR count). The Labute approximate surface area is 153 Å². The van der Waals surface area contributed by atoms with E-state index >= 15 is 0 Å². The van der Waals surface area contributed by atoms with Crippen LogP contribution in [-0.4, -0.2) is 58.1 Å². The minimum atomic E-state index is -3.59. The number of hydrogen-bond donors (Lipinski definition) is 1. The summed E-state index contributed by atoms with van der Waals surface area (Å²) in [7, 11) is 2.59. The molecule has 1 aromatic heterocycles. The number of aromatic nitrogens is 1. The number of carbonyl (C=O) groups is 1. The molecule has 0 aliphatic heterocycles. The van der Waals surface area contributed by atoms with Crippen LogP contribution in [-0.2, 0) is 17.1 Å². The summed E-state index contributed by atoms with van der Waals surface area (Å²) in [5.74, 6) is 1.12. The largest absolute Gasteiger partial charge is 0.497 e. The van der Waals surface area contributed by atoms with Crippen molar-refractivity contribution in [3.63, 3.8) is 0 Å². The molecule has 0 fully saturated rings. The summed E-state index contributed by atoms with van der Waals surface area (Å²) in [5.41, 5.74) is 0.283. The molecule has 1 N–H and O–H groups in total. The molecule has 1 amide bonds. The van der Waals surface area contributed by atoms with Crippen molar-refractivity contribution in [2.45, 2.75) is 4.90 Å². The lowest BCUT2D eigenvalue weighted by Gasteiger charge is -2.17. The minimum Gasteiger partial charge on any atom is -0.497 e. The summed E-state index contributed by atoms with van der Waals surface area (Å²) < 4.78 is 38.1. The van der Waals surface area contributed by atoms with Gasteiger partial charge in [-0.1, -0.05) is 0 Å². The van der Waals surface area contributed by atoms with Crippen molar-refractivity contribution in [1.29, 1.82) is 0 Å². The molecule has 1 aromatic carbocycles. The van der Waals surface area contributed by atoms with Gasteiger partial charge in [-0.2, -0.15) is 0 Å². The van der Waals surface area contributed by atoms with Crippen LogP contribution in [0, 0.1) is 0 Å². The monoisotopic (exact) mass is 381 g/mol. The van der Waals surface area contributed by atoms with Crippen molar-refractivity contribution in [3.05, 3.63) is 42.2 Å². The molecule has 26 heavy (non-hydrogen) atoms. The number of rotatable bonds is 8. The van der Waals surface area contributed by atoms with Gasteiger partial charge < -0.3 is 18.9 Å². The van der Waals surface area contributed by atoms with Crippen molar-refractivity contribution in [2.75, 3.05) is 34.4 Å². The molecule has 0 saturated carbocycles. The summed E-state index contributed by atoms with van der Waals surface area (Å²) in [6.07, 6.45) is 1.40. The zero-order valence-corrected chi connectivity index (χ0v) is 16.0. The quantitative estimate of drug-likeness (QED) is 0.739. The molecule has 0 aliphatic rings. The van der Waals surface area contributed by atoms with Gasteiger partial charge in [0, 0.05) is 20.3 Å². The first-order valence-corrected chi connectivity index (χ1v) is 9.39. The molecule has 0 radical (unpaired) electrons. The van der Waals surface area contributed by atoms with Crippen molar-refractivity contribution < 1.29 is 22.7 Å². The smallest absolute Gasteiger partial charge is 0.270 e. The highest BCUT2D eigenvalue weighted by atomic mass is 32.2. The van der Waals surface area contributed by atoms with Gasteiger partial charge in [0.1, 0.15) is 28.7 Å². The van der Waals surface area contributed by atoms with Crippen LogP contribution in [0.1, 0.15) is 10.5 Å². The van der Waals surface area contributed by atoms with Crippen LogP contribution in [0.25, 0.3) is 0 Å². The Morgan fingerprint density at radius 2 is 1.85 bits per heavy atom. The molecule has 0 bridgehead atoms. The summed E-state index contributed by atoms with van der Waals surface area (Å²) in [4.78, 5) is 14.1. The highest BCUT2D eigenvalue weighted by Gasteiger charge is 2.21. The van der Waals surface area contributed by atoms with Gasteiger partial charge in [0.05, 0.1) is 13.7 Å². The lowest BCUT2D eigenvalue weighted by atomic mass is 10.3. The highest BCUT2D eigenvalue weighted by Crippen LogP contribution is 2.17. The molecule has 142 valence electrons. The number of amides is 1. The Kier molecular flexibility index (Phi) is 6.27. The van der Waals surface area contributed by atoms with Crippen molar-refractivity contribution in [3.8, 4) is 11.5 Å². The van der Waals surface area contributed by atoms with E-state index in [9.17, 15) is 13.2 Å². The van der Waals surface area contributed by atoms with Gasteiger partial charge in [-0.3, -0.25) is 4.79 Å². The Bertz CT molecular complexity index is 859. The molecule has 0 unspecified atom stereocenters. The average molecular weight is 381 g/mol. The molecule has 8 nitrogen and oxygen atoms in total. The third-order valence-electron chi connectivity index (χ3n) is 3.88. The van der Waals surface area contributed by atoms with Gasteiger partial charge in [0.15, 0.2) is 0 Å². The van der Waals surface area contributed by atoms with E-state index in [1.165, 1.54) is 28.8 Å². The minimum absolute atomic E-state index is 0.0498. The standard InChI is InChI=1S/C17H23N3O5S/c1-18-26(22,23)15-11-16(20(3)12-15)17(21)19(2)9-10-25-14-7-5-13(24-4)6-8-14/h5-8,11-12,18H,9-10H2,1-4H3. The maximum Gasteiger partial charge on any atom is 0.270 e. The Morgan fingerprint density at radius 3 is 2.42 bits per heavy atom. The van der Waals surface area contributed by atoms with Gasteiger partial charge in [-0.15, -0.1) is 0 Å². The average Bonchev–Trinajstić information content (AvgIpc) is 3.04. The first kappa shape index (κ1) is 19.8. The number of carbonyl (C=O) groups excluding carboxylic acids is 1. The molecule has 0 aliphatic carbocycles. The third-order valence-corrected chi connectivity index (χ3v) is 5.26. The molecule has 0 atom stereocenters. The molecule has 0 spiro atoms. The lowest BCUT2D eigenvalue weighted by molar-refractivity contribution is 0.0764. The molecular formula is C17H23N3O5S. The second kappa shape index (κ2) is 8.24. The zero-order chi connectivity index (χ0) is 19.3. The van der Waals surface area contributed by atoms with Crippen LogP contribution >= 0.6 is 0 Å². The number of likely N-dealkylation sites (N-methyl/N-ethyl adjacent to an activating group) is 1. The summed E-state index contributed by atoms with van der Waals surface area (Å²) in [6, 6.07) is 8.50. The Morgan fingerprint density at radius 1 is 1.23 bits per heavy atom. The second-order valence-electron chi connectivity index (χ2n) is 5.63. The van der Waals surface area contributed by atoms with Crippen LogP contribution in [0.4, 0.5) is 0 Å². The summed E-state index contributed by atoms with van der Waals surface area (Å²) in [6.45, 7) is 0.658. The van der Waals surface area contributed by atoms with E-state index in [1.807, 2.05) is 0 Å². The van der Waals surface area contributed by atoms with E-state index in [1.54, 1.807) is 45.5 Å². The SMILES string of the molecule is CNS(=O)(=O)c1cc(C(=O)N(C)CCOc2ccc(OC)cc2)n(C)c1. The fraction of sp³-hybridized carbons (Fsp3) is 0.353. The second-order valence-corrected chi connectivity index (χ2v) is 7.52. The number of ether oxygens (including phenoxy) is 2. The van der Waals surface area contributed by atoms with Gasteiger partial charge in [-0.25, -0.2) is 13.1 Å². The number of hydrogen-bond acceptors (Lipinski definition) is 5. The predicted octanol–water partition coefficient (Wildman–Crippen LogP) is 1.09. The lowest BCUT2D eigenvalue weighted by Crippen LogP contribution is -2.32. The van der Waals surface area contributed by atoms with Crippen molar-refractivity contribution >= 4 is 15.9 Å². The van der Waals surface area contributed by atoms with E-state index < -0.39 is 10.0 Å². The van der Waals surface area contributed by atoms with Gasteiger partial charge >= 0.3 is 0 Å². The molecule has 1 heterocycles. The van der Waals surface area contributed by atoms with Crippen molar-refractivity contribution in [2.24, 2.45) is 7.05 Å². The van der Waals surface area contributed by atoms with Crippen LogP contribution in [0.2, 0.25) is 0 Å². The third kappa shape index (κ3) is 4.55. The Hall–Kier alpha value is -2.52. The van der Waals surface area contributed by atoms with E-state index in [2.05, 4.69) is 4.72 Å². The summed E-state index contributed by atoms with van der Waals surface area (Å²) >= 11 is 0. The van der Waals surface area contributed by atoms with Crippen LogP contribution in [0.15, 0.2) is 41.4 Å². The molecular weight excluding hydrogens is 358 g/mol. The fourth-order valence-corrected chi connectivity index (χ4v) is 3.08. The predicted molar refractivity (Wildman–Crippen MR) is 97.1 cm³/mol. The first-order valence-electron chi connectivity index (χ1n) is 7.90. The molecule has 9 heteroatoms. The van der Waals surface area contributed by atoms with E-state index in [4.69, 9.17) is 9.47 Å². The Balaban J connectivity index is 1.97. The first-order chi connectivity index (χ1) is 12.3. The number of nitrogens with one attached hydrogen (secondary N) is 1. The van der Waals surface area contributed by atoms with E-state index in [-0.39, 0.29) is 16.5 Å². The van der Waals surface area contributed by atoms with Crippen molar-refractivity contribution in [1.82, 2.24) is 14.2 Å².